The molecular formula is C19H27N5OS. The topological polar surface area (TPSA) is 53.0 Å². The van der Waals surface area contributed by atoms with Gasteiger partial charge in [0.15, 0.2) is 5.96 Å². The van der Waals surface area contributed by atoms with E-state index in [-0.39, 0.29) is 0 Å². The summed E-state index contributed by atoms with van der Waals surface area (Å²) in [7, 11) is 0. The van der Waals surface area contributed by atoms with Gasteiger partial charge in [-0.25, -0.2) is 4.99 Å². The van der Waals surface area contributed by atoms with Crippen molar-refractivity contribution in [3.63, 3.8) is 0 Å². The number of nitrogens with one attached hydrogen (secondary N) is 1. The van der Waals surface area contributed by atoms with Crippen LogP contribution in [0.1, 0.15) is 11.8 Å². The minimum atomic E-state index is 0.554. The second-order valence-corrected chi connectivity index (χ2v) is 7.15. The first-order valence-corrected chi connectivity index (χ1v) is 10.0. The van der Waals surface area contributed by atoms with Crippen molar-refractivity contribution in [2.24, 2.45) is 4.99 Å². The number of thiophene rings is 1. The van der Waals surface area contributed by atoms with Crippen LogP contribution in [-0.4, -0.2) is 66.6 Å². The number of hydrogen-bond donors (Lipinski definition) is 1. The van der Waals surface area contributed by atoms with Crippen LogP contribution in [0.3, 0.4) is 0 Å². The van der Waals surface area contributed by atoms with Gasteiger partial charge in [-0.3, -0.25) is 9.88 Å². The molecule has 0 radical (unpaired) electrons. The van der Waals surface area contributed by atoms with Gasteiger partial charge in [-0.15, -0.1) is 11.3 Å². The SMILES string of the molecule is CCNC(=NCCOc1cccnc1)N1CCN(Cc2cccs2)CC1. The van der Waals surface area contributed by atoms with Crippen molar-refractivity contribution in [2.75, 3.05) is 45.9 Å². The van der Waals surface area contributed by atoms with E-state index in [0.29, 0.717) is 13.2 Å². The Morgan fingerprint density at radius 3 is 2.85 bits per heavy atom. The van der Waals surface area contributed by atoms with Crippen molar-refractivity contribution in [3.05, 3.63) is 46.9 Å². The third kappa shape index (κ3) is 5.71. The molecule has 0 bridgehead atoms. The summed E-state index contributed by atoms with van der Waals surface area (Å²) < 4.78 is 5.67. The molecule has 0 saturated carbocycles. The lowest BCUT2D eigenvalue weighted by molar-refractivity contribution is 0.173. The summed E-state index contributed by atoms with van der Waals surface area (Å²) in [5.74, 6) is 1.77. The monoisotopic (exact) mass is 373 g/mol. The molecule has 1 saturated heterocycles. The van der Waals surface area contributed by atoms with Crippen LogP contribution in [0.25, 0.3) is 0 Å². The number of ether oxygens (including phenoxy) is 1. The lowest BCUT2D eigenvalue weighted by Crippen LogP contribution is -2.52. The van der Waals surface area contributed by atoms with E-state index in [1.54, 1.807) is 12.4 Å². The van der Waals surface area contributed by atoms with E-state index in [4.69, 9.17) is 9.73 Å². The van der Waals surface area contributed by atoms with E-state index in [1.165, 1.54) is 4.88 Å². The molecule has 2 aromatic rings. The molecule has 1 N–H and O–H groups in total. The fourth-order valence-corrected chi connectivity index (χ4v) is 3.66. The van der Waals surface area contributed by atoms with Gasteiger partial charge in [0.2, 0.25) is 0 Å². The van der Waals surface area contributed by atoms with Crippen molar-refractivity contribution in [3.8, 4) is 5.75 Å². The quantitative estimate of drug-likeness (QED) is 0.459. The maximum Gasteiger partial charge on any atom is 0.194 e. The fourth-order valence-electron chi connectivity index (χ4n) is 2.91. The van der Waals surface area contributed by atoms with Crippen LogP contribution < -0.4 is 10.1 Å². The van der Waals surface area contributed by atoms with Crippen molar-refractivity contribution < 1.29 is 4.74 Å². The predicted octanol–water partition coefficient (Wildman–Crippen LogP) is 2.31. The Hall–Kier alpha value is -2.12. The van der Waals surface area contributed by atoms with Gasteiger partial charge in [-0.05, 0) is 30.5 Å². The number of guanidine groups is 1. The Balaban J connectivity index is 1.45. The Labute approximate surface area is 159 Å². The van der Waals surface area contributed by atoms with Gasteiger partial charge in [0.25, 0.3) is 0 Å². The molecule has 7 heteroatoms. The fraction of sp³-hybridized carbons (Fsp3) is 0.474. The second kappa shape index (κ2) is 10.1. The summed E-state index contributed by atoms with van der Waals surface area (Å²) >= 11 is 1.83. The molecule has 3 heterocycles. The summed E-state index contributed by atoms with van der Waals surface area (Å²) in [6, 6.07) is 8.12. The molecule has 0 aliphatic carbocycles. The van der Waals surface area contributed by atoms with Gasteiger partial charge in [0.1, 0.15) is 12.4 Å². The molecule has 0 spiro atoms. The highest BCUT2D eigenvalue weighted by molar-refractivity contribution is 7.09. The Morgan fingerprint density at radius 1 is 1.27 bits per heavy atom. The van der Waals surface area contributed by atoms with Crippen molar-refractivity contribution >= 4 is 17.3 Å². The number of pyridine rings is 1. The minimum Gasteiger partial charge on any atom is -0.490 e. The van der Waals surface area contributed by atoms with Gasteiger partial charge in [-0.2, -0.15) is 0 Å². The lowest BCUT2D eigenvalue weighted by atomic mass is 10.3. The van der Waals surface area contributed by atoms with Crippen molar-refractivity contribution in [2.45, 2.75) is 13.5 Å². The first-order valence-electron chi connectivity index (χ1n) is 9.16. The van der Waals surface area contributed by atoms with E-state index >= 15 is 0 Å². The third-order valence-electron chi connectivity index (χ3n) is 4.22. The number of rotatable bonds is 7. The van der Waals surface area contributed by atoms with E-state index in [9.17, 15) is 0 Å². The first kappa shape index (κ1) is 18.7. The van der Waals surface area contributed by atoms with Crippen LogP contribution in [0.5, 0.6) is 5.75 Å². The zero-order chi connectivity index (χ0) is 18.0. The largest absolute Gasteiger partial charge is 0.490 e. The summed E-state index contributed by atoms with van der Waals surface area (Å²) in [5, 5.41) is 5.55. The van der Waals surface area contributed by atoms with Crippen LogP contribution in [0.4, 0.5) is 0 Å². The average molecular weight is 374 g/mol. The zero-order valence-electron chi connectivity index (χ0n) is 15.3. The normalized spacial score (nSPS) is 15.9. The molecule has 1 aliphatic heterocycles. The van der Waals surface area contributed by atoms with Crippen molar-refractivity contribution in [1.29, 1.82) is 0 Å². The second-order valence-electron chi connectivity index (χ2n) is 6.12. The molecule has 26 heavy (non-hydrogen) atoms. The van der Waals surface area contributed by atoms with Crippen LogP contribution in [0.2, 0.25) is 0 Å². The van der Waals surface area contributed by atoms with Gasteiger partial charge in [0, 0.05) is 50.3 Å². The van der Waals surface area contributed by atoms with Crippen molar-refractivity contribution in [1.82, 2.24) is 20.1 Å². The maximum absolute atomic E-state index is 5.67. The number of piperazine rings is 1. The highest BCUT2D eigenvalue weighted by Gasteiger charge is 2.19. The van der Waals surface area contributed by atoms with Gasteiger partial charge in [-0.1, -0.05) is 6.07 Å². The van der Waals surface area contributed by atoms with Gasteiger partial charge >= 0.3 is 0 Å². The van der Waals surface area contributed by atoms with Gasteiger partial charge < -0.3 is 15.0 Å². The maximum atomic E-state index is 5.67. The standard InChI is InChI=1S/C19H27N5OS/c1-2-21-19(22-8-13-25-17-5-3-7-20-15-17)24-11-9-23(10-12-24)16-18-6-4-14-26-18/h3-7,14-15H,2,8-13,16H2,1H3,(H,21,22). The molecule has 0 unspecified atom stereocenters. The molecule has 0 atom stereocenters. The van der Waals surface area contributed by atoms with Crippen LogP contribution in [0.15, 0.2) is 47.0 Å². The molecule has 3 rings (SSSR count). The average Bonchev–Trinajstić information content (AvgIpc) is 3.19. The minimum absolute atomic E-state index is 0.554. The number of aromatic nitrogens is 1. The van der Waals surface area contributed by atoms with E-state index in [2.05, 4.69) is 44.5 Å². The number of hydrogen-bond acceptors (Lipinski definition) is 5. The molecule has 0 amide bonds. The lowest BCUT2D eigenvalue weighted by Gasteiger charge is -2.36. The molecule has 0 aromatic carbocycles. The Morgan fingerprint density at radius 2 is 2.15 bits per heavy atom. The summed E-state index contributed by atoms with van der Waals surface area (Å²) in [6.45, 7) is 9.35. The predicted molar refractivity (Wildman–Crippen MR) is 107 cm³/mol. The van der Waals surface area contributed by atoms with E-state index < -0.39 is 0 Å². The zero-order valence-corrected chi connectivity index (χ0v) is 16.1. The molecule has 2 aromatic heterocycles. The summed E-state index contributed by atoms with van der Waals surface area (Å²) in [5.41, 5.74) is 0. The smallest absolute Gasteiger partial charge is 0.194 e. The Kier molecular flexibility index (Phi) is 7.27. The molecule has 140 valence electrons. The van der Waals surface area contributed by atoms with Crippen LogP contribution in [0, 0.1) is 0 Å². The highest BCUT2D eigenvalue weighted by Crippen LogP contribution is 2.13. The number of aliphatic imine (C=N–C) groups is 1. The molecule has 1 fully saturated rings. The van der Waals surface area contributed by atoms with E-state index in [1.807, 2.05) is 23.5 Å². The van der Waals surface area contributed by atoms with E-state index in [0.717, 1.165) is 51.0 Å². The molecule has 1 aliphatic rings. The summed E-state index contributed by atoms with van der Waals surface area (Å²) in [4.78, 5) is 15.1. The third-order valence-corrected chi connectivity index (χ3v) is 5.08. The first-order chi connectivity index (χ1) is 12.8. The number of nitrogens with zero attached hydrogens (tertiary/aromatic N) is 4. The van der Waals surface area contributed by atoms with Crippen LogP contribution in [-0.2, 0) is 6.54 Å². The molecular weight excluding hydrogens is 346 g/mol. The highest BCUT2D eigenvalue weighted by atomic mass is 32.1. The Bertz CT molecular complexity index is 654. The van der Waals surface area contributed by atoms with Crippen LogP contribution >= 0.6 is 11.3 Å². The summed E-state index contributed by atoms with van der Waals surface area (Å²) in [6.07, 6.45) is 3.47. The molecule has 6 nitrogen and oxygen atoms in total. The van der Waals surface area contributed by atoms with Gasteiger partial charge in [0.05, 0.1) is 12.7 Å².